The van der Waals surface area contributed by atoms with Crippen molar-refractivity contribution in [3.63, 3.8) is 0 Å². The van der Waals surface area contributed by atoms with E-state index in [1.807, 2.05) is 35.6 Å². The Kier molecular flexibility index (Phi) is 9.63. The molecule has 0 fully saturated rings. The SMILES string of the molecule is C[C@H](CCN(CCCCNC(=O)C(F)(F)F)Cc1ccccc1)NC(=O)O. The molecule has 27 heavy (non-hydrogen) atoms. The molecule has 0 bridgehead atoms. The normalized spacial score (nSPS) is 12.6. The monoisotopic (exact) mass is 389 g/mol. The number of carbonyl (C=O) groups excluding carboxylic acids is 1. The van der Waals surface area contributed by atoms with E-state index in [1.54, 1.807) is 6.92 Å². The number of nitrogens with zero attached hydrogens (tertiary/aromatic N) is 1. The van der Waals surface area contributed by atoms with Gasteiger partial charge in [-0.25, -0.2) is 4.79 Å². The third-order valence-corrected chi connectivity index (χ3v) is 3.94. The maximum Gasteiger partial charge on any atom is 0.471 e. The van der Waals surface area contributed by atoms with E-state index in [0.29, 0.717) is 38.9 Å². The standard InChI is InChI=1S/C18H26F3N3O3/c1-14(23-17(26)27)9-12-24(13-15-7-3-2-4-8-15)11-6-5-10-22-16(25)18(19,20)21/h2-4,7-8,14,23H,5-6,9-13H2,1H3,(H,22,25)(H,26,27)/t14-/m1/s1. The molecule has 0 aromatic heterocycles. The summed E-state index contributed by atoms with van der Waals surface area (Å²) in [5.74, 6) is -1.92. The van der Waals surface area contributed by atoms with Gasteiger partial charge in [0.2, 0.25) is 0 Å². The molecule has 1 rings (SSSR count). The number of hydrogen-bond donors (Lipinski definition) is 3. The molecule has 0 unspecified atom stereocenters. The number of carboxylic acid groups (broad SMARTS) is 1. The molecule has 2 amide bonds. The van der Waals surface area contributed by atoms with Gasteiger partial charge < -0.3 is 15.7 Å². The molecule has 0 spiro atoms. The molecule has 0 aliphatic rings. The van der Waals surface area contributed by atoms with Crippen molar-refractivity contribution in [2.24, 2.45) is 0 Å². The lowest BCUT2D eigenvalue weighted by Crippen LogP contribution is -2.37. The summed E-state index contributed by atoms with van der Waals surface area (Å²) in [5, 5.41) is 13.0. The molecule has 1 atom stereocenters. The van der Waals surface area contributed by atoms with Crippen LogP contribution in [-0.4, -0.2) is 53.9 Å². The fraction of sp³-hybridized carbons (Fsp3) is 0.556. The maximum absolute atomic E-state index is 12.1. The van der Waals surface area contributed by atoms with Crippen molar-refractivity contribution in [3.05, 3.63) is 35.9 Å². The smallest absolute Gasteiger partial charge is 0.465 e. The van der Waals surface area contributed by atoms with Crippen LogP contribution in [0, 0.1) is 0 Å². The van der Waals surface area contributed by atoms with E-state index in [2.05, 4.69) is 10.2 Å². The highest BCUT2D eigenvalue weighted by Gasteiger charge is 2.38. The summed E-state index contributed by atoms with van der Waals surface area (Å²) in [4.78, 5) is 23.6. The summed E-state index contributed by atoms with van der Waals surface area (Å²) in [5.41, 5.74) is 1.10. The Morgan fingerprint density at radius 2 is 1.81 bits per heavy atom. The van der Waals surface area contributed by atoms with Crippen LogP contribution in [0.5, 0.6) is 0 Å². The van der Waals surface area contributed by atoms with E-state index in [1.165, 1.54) is 0 Å². The van der Waals surface area contributed by atoms with Crippen molar-refractivity contribution in [2.45, 2.75) is 44.9 Å². The molecule has 6 nitrogen and oxygen atoms in total. The Labute approximate surface area is 156 Å². The fourth-order valence-electron chi connectivity index (χ4n) is 2.53. The van der Waals surface area contributed by atoms with Crippen molar-refractivity contribution < 1.29 is 27.9 Å². The number of alkyl halides is 3. The van der Waals surface area contributed by atoms with Crippen LogP contribution >= 0.6 is 0 Å². The highest BCUT2D eigenvalue weighted by molar-refractivity contribution is 5.81. The lowest BCUT2D eigenvalue weighted by Gasteiger charge is -2.24. The van der Waals surface area contributed by atoms with Crippen molar-refractivity contribution in [1.82, 2.24) is 15.5 Å². The molecule has 9 heteroatoms. The first kappa shape index (κ1) is 22.8. The van der Waals surface area contributed by atoms with Gasteiger partial charge in [-0.3, -0.25) is 9.69 Å². The van der Waals surface area contributed by atoms with E-state index < -0.39 is 18.2 Å². The Morgan fingerprint density at radius 1 is 1.15 bits per heavy atom. The molecular weight excluding hydrogens is 363 g/mol. The first-order valence-corrected chi connectivity index (χ1v) is 8.79. The highest BCUT2D eigenvalue weighted by Crippen LogP contribution is 2.14. The summed E-state index contributed by atoms with van der Waals surface area (Å²) in [7, 11) is 0. The van der Waals surface area contributed by atoms with Crippen LogP contribution in [0.1, 0.15) is 31.7 Å². The quantitative estimate of drug-likeness (QED) is 0.508. The van der Waals surface area contributed by atoms with Gasteiger partial charge in [0.25, 0.3) is 0 Å². The lowest BCUT2D eigenvalue weighted by atomic mass is 10.1. The molecule has 0 aliphatic heterocycles. The first-order chi connectivity index (χ1) is 12.7. The number of hydrogen-bond acceptors (Lipinski definition) is 3. The number of benzene rings is 1. The van der Waals surface area contributed by atoms with Crippen LogP contribution < -0.4 is 10.6 Å². The van der Waals surface area contributed by atoms with Gasteiger partial charge in [-0.2, -0.15) is 13.2 Å². The first-order valence-electron chi connectivity index (χ1n) is 8.79. The molecule has 152 valence electrons. The Hall–Kier alpha value is -2.29. The zero-order valence-electron chi connectivity index (χ0n) is 15.3. The largest absolute Gasteiger partial charge is 0.471 e. The van der Waals surface area contributed by atoms with Crippen LogP contribution in [0.15, 0.2) is 30.3 Å². The minimum Gasteiger partial charge on any atom is -0.465 e. The Bertz CT molecular complexity index is 582. The minimum absolute atomic E-state index is 0.0332. The molecule has 3 N–H and O–H groups in total. The van der Waals surface area contributed by atoms with E-state index in [4.69, 9.17) is 5.11 Å². The minimum atomic E-state index is -4.85. The van der Waals surface area contributed by atoms with Crippen LogP contribution in [0.25, 0.3) is 0 Å². The predicted molar refractivity (Wildman–Crippen MR) is 95.3 cm³/mol. The molecule has 1 aromatic carbocycles. The molecule has 0 radical (unpaired) electrons. The van der Waals surface area contributed by atoms with E-state index in [-0.39, 0.29) is 12.6 Å². The number of nitrogens with one attached hydrogen (secondary N) is 2. The lowest BCUT2D eigenvalue weighted by molar-refractivity contribution is -0.173. The number of unbranched alkanes of at least 4 members (excludes halogenated alkanes) is 1. The van der Waals surface area contributed by atoms with Crippen LogP contribution in [0.2, 0.25) is 0 Å². The summed E-state index contributed by atoms with van der Waals surface area (Å²) in [6.45, 7) is 3.69. The zero-order chi connectivity index (χ0) is 20.3. The second kappa shape index (κ2) is 11.4. The summed E-state index contributed by atoms with van der Waals surface area (Å²) < 4.78 is 36.4. The van der Waals surface area contributed by atoms with E-state index >= 15 is 0 Å². The summed E-state index contributed by atoms with van der Waals surface area (Å²) in [6.07, 6.45) is -4.27. The third kappa shape index (κ3) is 10.4. The molecule has 0 saturated carbocycles. The van der Waals surface area contributed by atoms with Crippen LogP contribution in [-0.2, 0) is 11.3 Å². The van der Waals surface area contributed by atoms with Gasteiger partial charge in [0.1, 0.15) is 0 Å². The maximum atomic E-state index is 12.1. The predicted octanol–water partition coefficient (Wildman–Crippen LogP) is 2.99. The third-order valence-electron chi connectivity index (χ3n) is 3.94. The second-order valence-corrected chi connectivity index (χ2v) is 6.36. The molecule has 0 heterocycles. The molecule has 1 aromatic rings. The number of amides is 2. The topological polar surface area (TPSA) is 81.7 Å². The number of rotatable bonds is 11. The number of halogens is 3. The Balaban J connectivity index is 2.43. The van der Waals surface area contributed by atoms with Gasteiger partial charge in [0, 0.05) is 25.7 Å². The second-order valence-electron chi connectivity index (χ2n) is 6.36. The van der Waals surface area contributed by atoms with Crippen LogP contribution in [0.3, 0.4) is 0 Å². The number of carbonyl (C=O) groups is 2. The van der Waals surface area contributed by atoms with Crippen molar-refractivity contribution in [2.75, 3.05) is 19.6 Å². The van der Waals surface area contributed by atoms with Gasteiger partial charge in [-0.15, -0.1) is 0 Å². The van der Waals surface area contributed by atoms with Crippen molar-refractivity contribution in [3.8, 4) is 0 Å². The zero-order valence-corrected chi connectivity index (χ0v) is 15.3. The highest BCUT2D eigenvalue weighted by atomic mass is 19.4. The average molecular weight is 389 g/mol. The van der Waals surface area contributed by atoms with Gasteiger partial charge in [0.05, 0.1) is 0 Å². The molecular formula is C18H26F3N3O3. The molecule has 0 aliphatic carbocycles. The van der Waals surface area contributed by atoms with Gasteiger partial charge in [0.15, 0.2) is 0 Å². The van der Waals surface area contributed by atoms with Crippen molar-refractivity contribution >= 4 is 12.0 Å². The summed E-state index contributed by atoms with van der Waals surface area (Å²) >= 11 is 0. The fourth-order valence-corrected chi connectivity index (χ4v) is 2.53. The molecule has 0 saturated heterocycles. The van der Waals surface area contributed by atoms with E-state index in [9.17, 15) is 22.8 Å². The van der Waals surface area contributed by atoms with Gasteiger partial charge in [-0.1, -0.05) is 30.3 Å². The van der Waals surface area contributed by atoms with Gasteiger partial charge >= 0.3 is 18.2 Å². The van der Waals surface area contributed by atoms with E-state index in [0.717, 1.165) is 5.56 Å². The van der Waals surface area contributed by atoms with Crippen molar-refractivity contribution in [1.29, 1.82) is 0 Å². The average Bonchev–Trinajstić information content (AvgIpc) is 2.58. The Morgan fingerprint density at radius 3 is 2.41 bits per heavy atom. The van der Waals surface area contributed by atoms with Crippen LogP contribution in [0.4, 0.5) is 18.0 Å². The van der Waals surface area contributed by atoms with Gasteiger partial charge in [-0.05, 0) is 38.3 Å². The summed E-state index contributed by atoms with van der Waals surface area (Å²) in [6, 6.07) is 9.52.